The molecule has 2 aliphatic rings. The Morgan fingerprint density at radius 2 is 1.50 bits per heavy atom. The van der Waals surface area contributed by atoms with Crippen molar-refractivity contribution in [2.45, 2.75) is 75.5 Å². The van der Waals surface area contributed by atoms with Gasteiger partial charge in [-0.05, 0) is 63.5 Å². The second kappa shape index (κ2) is 16.3. The molecule has 0 heterocycles. The molecule has 2 fully saturated rings. The molecule has 0 saturated heterocycles. The summed E-state index contributed by atoms with van der Waals surface area (Å²) in [7, 11) is 3.43. The van der Waals surface area contributed by atoms with Crippen LogP contribution in [0.3, 0.4) is 0 Å². The van der Waals surface area contributed by atoms with Crippen molar-refractivity contribution < 1.29 is 40.9 Å². The van der Waals surface area contributed by atoms with E-state index in [0.29, 0.717) is 0 Å². The number of anilines is 1. The van der Waals surface area contributed by atoms with Gasteiger partial charge >= 0.3 is 39.7 Å². The molecule has 4 nitrogen and oxygen atoms in total. The van der Waals surface area contributed by atoms with Crippen LogP contribution in [0, 0.1) is 11.9 Å². The second-order valence-corrected chi connectivity index (χ2v) is 13.4. The molecule has 0 spiro atoms. The first-order valence-corrected chi connectivity index (χ1v) is 18.0. The number of para-hydroxylation sites is 1. The van der Waals surface area contributed by atoms with Gasteiger partial charge < -0.3 is 9.08 Å². The van der Waals surface area contributed by atoms with Crippen LogP contribution < -0.4 is 14.4 Å². The number of halogens is 3. The fourth-order valence-electron chi connectivity index (χ4n) is 5.28. The molecule has 2 aromatic carbocycles. The molecule has 2 aromatic rings. The number of hydrogen-bond acceptors (Lipinski definition) is 4. The van der Waals surface area contributed by atoms with Gasteiger partial charge in [-0.25, -0.2) is 0 Å². The molecule has 0 radical (unpaired) electrons. The van der Waals surface area contributed by atoms with Crippen LogP contribution in [0.25, 0.3) is 0 Å². The molecule has 0 atom stereocenters. The predicted molar refractivity (Wildman–Crippen MR) is 144 cm³/mol. The summed E-state index contributed by atoms with van der Waals surface area (Å²) in [4.78, 5) is 2.35. The molecule has 2 saturated carbocycles. The van der Waals surface area contributed by atoms with E-state index in [1.54, 1.807) is 25.3 Å². The molecular formula is C26H36AuClF2NO3PS. The van der Waals surface area contributed by atoms with E-state index in [9.17, 15) is 16.7 Å². The van der Waals surface area contributed by atoms with Gasteiger partial charge in [0.05, 0.1) is 28.6 Å². The van der Waals surface area contributed by atoms with Crippen molar-refractivity contribution >= 4 is 38.6 Å². The topological polar surface area (TPSA) is 46.6 Å². The summed E-state index contributed by atoms with van der Waals surface area (Å²) in [6, 6.07) is 14.6. The summed E-state index contributed by atoms with van der Waals surface area (Å²) in [5.74, 6) is -1.67. The molecule has 0 bridgehead atoms. The molecular weight excluding hydrogens is 708 g/mol. The molecule has 0 unspecified atom stereocenters. The van der Waals surface area contributed by atoms with Gasteiger partial charge in [0.25, 0.3) is 0 Å². The van der Waals surface area contributed by atoms with Crippen LogP contribution in [0.2, 0.25) is 0 Å². The zero-order valence-electron chi connectivity index (χ0n) is 20.8. The monoisotopic (exact) mass is 743 g/mol. The van der Waals surface area contributed by atoms with E-state index < -0.39 is 30.0 Å². The normalized spacial score (nSPS) is 16.9. The quantitative estimate of drug-likeness (QED) is 0.136. The van der Waals surface area contributed by atoms with Crippen molar-refractivity contribution in [3.8, 4) is 5.75 Å². The average molecular weight is 744 g/mol. The molecule has 0 aliphatic heterocycles. The molecule has 0 aromatic heterocycles. The molecule has 206 valence electrons. The van der Waals surface area contributed by atoms with Gasteiger partial charge in [-0.1, -0.05) is 28.9 Å². The fraction of sp³-hybridized carbons (Fsp3) is 0.538. The van der Waals surface area contributed by atoms with E-state index in [0.717, 1.165) is 23.5 Å². The summed E-state index contributed by atoms with van der Waals surface area (Å²) >= 11 is 1.75. The van der Waals surface area contributed by atoms with Crippen molar-refractivity contribution in [3.63, 3.8) is 0 Å². The van der Waals surface area contributed by atoms with Crippen LogP contribution in [0.4, 0.5) is 14.0 Å². The Balaban J connectivity index is 0.000000277. The Bertz CT molecular complexity index is 1000. The number of benzene rings is 2. The van der Waals surface area contributed by atoms with Gasteiger partial charge in [0.2, 0.25) is 0 Å². The standard InChI is InChI=1S/C20H32NP.C6H3F2O3S.Au.ClH/c1-21(2)19-15-9-10-16-20(19)22(17-11-5-3-6-12-17)18-13-7-4-8-14-18;7-5-3-1-2-4-6(5)11-12(8,9)10;;/h9-10,15-18H,3-8,11-14H2,1-2H3;2-4H;;1H/q;-1;+1;. The maximum absolute atomic E-state index is 12.5. The van der Waals surface area contributed by atoms with E-state index in [4.69, 9.17) is 0 Å². The van der Waals surface area contributed by atoms with Gasteiger partial charge in [-0.3, -0.25) is 4.39 Å². The third kappa shape index (κ3) is 10.2. The molecule has 10 heteroatoms. The van der Waals surface area contributed by atoms with Crippen molar-refractivity contribution in [1.29, 1.82) is 0 Å². The first-order chi connectivity index (χ1) is 17.3. The van der Waals surface area contributed by atoms with Crippen LogP contribution in [0.1, 0.15) is 64.2 Å². The Morgan fingerprint density at radius 1 is 0.972 bits per heavy atom. The fourth-order valence-corrected chi connectivity index (χ4v) is 10.1. The van der Waals surface area contributed by atoms with E-state index >= 15 is 0 Å². The Labute approximate surface area is 233 Å². The molecule has 0 amide bonds. The van der Waals surface area contributed by atoms with Gasteiger partial charge in [0, 0.05) is 22.0 Å². The number of nitrogens with zero attached hydrogens (tertiary/aromatic N) is 1. The van der Waals surface area contributed by atoms with Crippen molar-refractivity contribution in [2.75, 3.05) is 19.0 Å². The Hall–Kier alpha value is -0.690. The Morgan fingerprint density at radius 3 is 1.97 bits per heavy atom. The van der Waals surface area contributed by atoms with Crippen molar-refractivity contribution in [2.24, 2.45) is 0 Å². The van der Waals surface area contributed by atoms with Crippen molar-refractivity contribution in [3.05, 3.63) is 54.3 Å². The second-order valence-electron chi connectivity index (χ2n) is 9.37. The van der Waals surface area contributed by atoms with Crippen LogP contribution >= 0.6 is 17.1 Å². The van der Waals surface area contributed by atoms with E-state index in [-0.39, 0.29) is 0 Å². The minimum atomic E-state index is -5.15. The summed E-state index contributed by atoms with van der Waals surface area (Å²) in [6.07, 6.45) is 14.9. The zero-order chi connectivity index (χ0) is 26.6. The molecule has 2 aliphatic carbocycles. The van der Waals surface area contributed by atoms with E-state index in [1.165, 1.54) is 76.0 Å². The zero-order valence-corrected chi connectivity index (χ0v) is 25.5. The van der Waals surface area contributed by atoms with Crippen molar-refractivity contribution in [1.82, 2.24) is 0 Å². The summed E-state index contributed by atoms with van der Waals surface area (Å²) in [5.41, 5.74) is 3.57. The first-order valence-electron chi connectivity index (χ1n) is 12.3. The molecule has 4 rings (SSSR count). The van der Waals surface area contributed by atoms with Crippen LogP contribution in [0.15, 0.2) is 42.5 Å². The van der Waals surface area contributed by atoms with Gasteiger partial charge in [0.15, 0.2) is 0 Å². The molecule has 0 N–H and O–H groups in total. The SMILES string of the molecule is CN(C)c1ccccc1[PH+](C1CCCCC1)C1CCCCC1.O=S(=O)(F)Oc1cc[c-]cc1F.[Cl][Au]. The average Bonchev–Trinajstić information content (AvgIpc) is 2.88. The van der Waals surface area contributed by atoms with Crippen LogP contribution in [0.5, 0.6) is 5.75 Å². The summed E-state index contributed by atoms with van der Waals surface area (Å²) < 4.78 is 47.8. The number of rotatable bonds is 6. The Kier molecular flexibility index (Phi) is 14.3. The van der Waals surface area contributed by atoms with Gasteiger partial charge in [-0.2, -0.15) is 20.6 Å². The van der Waals surface area contributed by atoms with Crippen LogP contribution in [-0.2, 0) is 30.5 Å². The number of hydrogen-bond donors (Lipinski definition) is 0. The van der Waals surface area contributed by atoms with Gasteiger partial charge in [-0.15, -0.1) is 12.1 Å². The van der Waals surface area contributed by atoms with E-state index in [2.05, 4.69) is 62.7 Å². The third-order valence-electron chi connectivity index (χ3n) is 6.75. The maximum atomic E-state index is 12.5. The minimum absolute atomic E-state index is 0.439. The summed E-state index contributed by atoms with van der Waals surface area (Å²) in [5, 5.41) is 1.75. The summed E-state index contributed by atoms with van der Waals surface area (Å²) in [6.45, 7) is 0. The first kappa shape index (κ1) is 31.5. The van der Waals surface area contributed by atoms with Gasteiger partial charge in [0.1, 0.15) is 5.30 Å². The van der Waals surface area contributed by atoms with E-state index in [1.807, 2.05) is 0 Å². The molecule has 36 heavy (non-hydrogen) atoms. The predicted octanol–water partition coefficient (Wildman–Crippen LogP) is 7.16. The van der Waals surface area contributed by atoms with Crippen LogP contribution in [-0.4, -0.2) is 33.8 Å². The third-order valence-corrected chi connectivity index (χ3v) is 11.1.